The molecular weight excluding hydrogens is 572 g/mol. The van der Waals surface area contributed by atoms with Crippen LogP contribution in [0, 0.1) is 99.0 Å². The Morgan fingerprint density at radius 2 is 0.935 bits per heavy atom. The highest BCUT2D eigenvalue weighted by Gasteiger charge is 2.37. The number of rotatable bonds is 2. The summed E-state index contributed by atoms with van der Waals surface area (Å²) in [5, 5.41) is 70.3. The molecule has 0 aliphatic heterocycles. The van der Waals surface area contributed by atoms with E-state index in [2.05, 4.69) is 20.6 Å². The fourth-order valence-electron chi connectivity index (χ4n) is 5.47. The first kappa shape index (κ1) is 29.0. The van der Waals surface area contributed by atoms with Crippen LogP contribution in [0.15, 0.2) is 59.8 Å². The summed E-state index contributed by atoms with van der Waals surface area (Å²) in [7, 11) is 0. The number of allylic oxidation sites excluding steroid dienone is 7. The highest BCUT2D eigenvalue weighted by molar-refractivity contribution is 6.20. The van der Waals surface area contributed by atoms with E-state index in [-0.39, 0.29) is 101 Å². The van der Waals surface area contributed by atoms with Crippen molar-refractivity contribution in [1.82, 2.24) is 0 Å². The van der Waals surface area contributed by atoms with Gasteiger partial charge in [0.05, 0.1) is 83.0 Å². The Kier molecular flexibility index (Phi) is 7.21. The largest absolute Gasteiger partial charge is 0.239 e. The Hall–Kier alpha value is -8.48. The van der Waals surface area contributed by atoms with E-state index in [1.165, 1.54) is 48.5 Å². The van der Waals surface area contributed by atoms with Crippen LogP contribution in [-0.4, -0.2) is 0 Å². The van der Waals surface area contributed by atoms with Crippen molar-refractivity contribution in [1.29, 1.82) is 36.8 Å². The molecule has 0 atom stereocenters. The van der Waals surface area contributed by atoms with E-state index < -0.39 is 0 Å². The van der Waals surface area contributed by atoms with Crippen molar-refractivity contribution >= 4 is 44.8 Å². The maximum absolute atomic E-state index is 10.3. The van der Waals surface area contributed by atoms with E-state index >= 15 is 0 Å². The van der Waals surface area contributed by atoms with Gasteiger partial charge >= 0.3 is 0 Å². The number of fused-ring (bicyclic) bond motifs is 2. The predicted octanol–water partition coefficient (Wildman–Crippen LogP) is 7.38. The van der Waals surface area contributed by atoms with Crippen LogP contribution >= 0.6 is 0 Å². The molecule has 0 spiro atoms. The van der Waals surface area contributed by atoms with Crippen LogP contribution < -0.4 is 0 Å². The zero-order valence-electron chi connectivity index (χ0n) is 23.1. The molecule has 202 valence electrons. The van der Waals surface area contributed by atoms with E-state index in [0.717, 1.165) is 0 Å². The summed E-state index contributed by atoms with van der Waals surface area (Å²) in [4.78, 5) is 10.3. The Labute approximate surface area is 262 Å². The molecule has 0 heterocycles. The van der Waals surface area contributed by atoms with E-state index in [1.54, 1.807) is 0 Å². The van der Waals surface area contributed by atoms with Gasteiger partial charge in [-0.15, -0.1) is 0 Å². The summed E-state index contributed by atoms with van der Waals surface area (Å²) >= 11 is 0. The first-order valence-electron chi connectivity index (χ1n) is 12.8. The normalized spacial score (nSPS) is 14.2. The predicted molar refractivity (Wildman–Crippen MR) is 163 cm³/mol. The molecule has 0 amide bonds. The van der Waals surface area contributed by atoms with Gasteiger partial charge < -0.3 is 0 Å². The fraction of sp³-hybridized carbons (Fsp3) is 0. The van der Waals surface area contributed by atoms with Gasteiger partial charge in [-0.3, -0.25) is 0 Å². The summed E-state index contributed by atoms with van der Waals surface area (Å²) in [6, 6.07) is 25.2. The van der Waals surface area contributed by atoms with Crippen LogP contribution in [0.5, 0.6) is 0 Å². The van der Waals surface area contributed by atoms with Crippen LogP contribution in [0.3, 0.4) is 0 Å². The second-order valence-electron chi connectivity index (χ2n) is 9.57. The molecule has 0 aromatic heterocycles. The summed E-state index contributed by atoms with van der Waals surface area (Å²) in [5.41, 5.74) is 0.982. The fourth-order valence-corrected chi connectivity index (χ4v) is 5.47. The molecule has 0 bridgehead atoms. The van der Waals surface area contributed by atoms with Crippen molar-refractivity contribution in [3.63, 3.8) is 0 Å². The number of benzene rings is 3. The molecule has 10 nitrogen and oxygen atoms in total. The van der Waals surface area contributed by atoms with Gasteiger partial charge in [0, 0.05) is 16.7 Å². The average Bonchev–Trinajstić information content (AvgIpc) is 3.57. The van der Waals surface area contributed by atoms with Crippen molar-refractivity contribution < 1.29 is 0 Å². The third-order valence-corrected chi connectivity index (χ3v) is 7.31. The van der Waals surface area contributed by atoms with Crippen LogP contribution in [0.2, 0.25) is 0 Å². The Bertz CT molecular complexity index is 2330. The summed E-state index contributed by atoms with van der Waals surface area (Å²) in [5.74, 6) is 0. The van der Waals surface area contributed by atoms with Gasteiger partial charge in [-0.25, -0.2) is 14.5 Å². The van der Waals surface area contributed by atoms with Gasteiger partial charge in [0.25, 0.3) is 0 Å². The second-order valence-corrected chi connectivity index (χ2v) is 9.57. The molecule has 0 saturated heterocycles. The summed E-state index contributed by atoms with van der Waals surface area (Å²) in [6.45, 7) is 22.8. The molecule has 0 saturated carbocycles. The monoisotopic (exact) mass is 580 g/mol. The van der Waals surface area contributed by atoms with Crippen molar-refractivity contribution in [2.75, 3.05) is 0 Å². The SMILES string of the molecule is [C-]#[N+]C1=C(C#N)c2cc3c(cc2/C1=C(\C#N)c1cc([N+]#[C-])cc([N+]#[C-])c1)C(C#N)=C(C#N)/C3=C(/C#N)c1cc(C#N)cc(C#N)c1. The molecule has 10 heteroatoms. The minimum atomic E-state index is -0.162. The highest BCUT2D eigenvalue weighted by Crippen LogP contribution is 2.52. The molecule has 2 aliphatic carbocycles. The molecule has 3 aromatic rings. The molecule has 46 heavy (non-hydrogen) atoms. The molecule has 0 unspecified atom stereocenters. The molecule has 0 fully saturated rings. The van der Waals surface area contributed by atoms with E-state index in [0.29, 0.717) is 0 Å². The minimum absolute atomic E-state index is 0.0457. The molecule has 0 radical (unpaired) electrons. The zero-order chi connectivity index (χ0) is 33.1. The third kappa shape index (κ3) is 4.27. The minimum Gasteiger partial charge on any atom is -0.239 e. The number of hydrogen-bond acceptors (Lipinski definition) is 7. The van der Waals surface area contributed by atoms with Crippen LogP contribution in [0.4, 0.5) is 11.4 Å². The number of hydrogen-bond donors (Lipinski definition) is 0. The summed E-state index contributed by atoms with van der Waals surface area (Å²) in [6.07, 6.45) is 0. The third-order valence-electron chi connectivity index (χ3n) is 7.31. The van der Waals surface area contributed by atoms with Gasteiger partial charge in [-0.2, -0.15) is 36.8 Å². The van der Waals surface area contributed by atoms with Gasteiger partial charge in [-0.05, 0) is 58.1 Å². The maximum atomic E-state index is 10.3. The first-order chi connectivity index (χ1) is 22.4. The topological polar surface area (TPSA) is 180 Å². The van der Waals surface area contributed by atoms with Crippen molar-refractivity contribution in [2.24, 2.45) is 0 Å². The quantitative estimate of drug-likeness (QED) is 0.224. The summed E-state index contributed by atoms with van der Waals surface area (Å²) < 4.78 is 0. The Balaban J connectivity index is 1.94. The van der Waals surface area contributed by atoms with E-state index in [9.17, 15) is 36.8 Å². The van der Waals surface area contributed by atoms with Crippen LogP contribution in [-0.2, 0) is 0 Å². The molecule has 5 rings (SSSR count). The second kappa shape index (κ2) is 11.4. The van der Waals surface area contributed by atoms with Gasteiger partial charge in [0.1, 0.15) is 18.2 Å². The lowest BCUT2D eigenvalue weighted by molar-refractivity contribution is 1.43. The highest BCUT2D eigenvalue weighted by atomic mass is 14.7. The maximum Gasteiger partial charge on any atom is 0.214 e. The number of nitrogens with zero attached hydrogens (tertiary/aromatic N) is 10. The van der Waals surface area contributed by atoms with Crippen molar-refractivity contribution in [3.8, 4) is 42.5 Å². The lowest BCUT2D eigenvalue weighted by Gasteiger charge is -2.13. The van der Waals surface area contributed by atoms with E-state index in [1.807, 2.05) is 36.4 Å². The van der Waals surface area contributed by atoms with Gasteiger partial charge in [-0.1, -0.05) is 18.2 Å². The standard InChI is InChI=1S/C36H8N10/c1-44-23-7-22(8-24(9-23)45-2)30(15-40)35-28-10-25-27(11-26(28)33(18-43)36(35)46-3)34(32(17-42)31(25)16-41)29(14-39)21-5-19(12-37)4-20(6-21)13-38/h4-11H/b34-29-,35-30-. The number of nitriles is 7. The molecule has 0 N–H and O–H groups in total. The lowest BCUT2D eigenvalue weighted by Crippen LogP contribution is -1.96. The molecule has 2 aliphatic rings. The Morgan fingerprint density at radius 1 is 0.457 bits per heavy atom. The molecular formula is C36H8N10. The average molecular weight is 581 g/mol. The smallest absolute Gasteiger partial charge is 0.214 e. The van der Waals surface area contributed by atoms with Crippen molar-refractivity contribution in [3.05, 3.63) is 139 Å². The zero-order valence-corrected chi connectivity index (χ0v) is 23.1. The van der Waals surface area contributed by atoms with Crippen LogP contribution in [0.1, 0.15) is 44.5 Å². The molecule has 3 aromatic carbocycles. The first-order valence-corrected chi connectivity index (χ1v) is 12.8. The Morgan fingerprint density at radius 3 is 1.39 bits per heavy atom. The van der Waals surface area contributed by atoms with Crippen molar-refractivity contribution in [2.45, 2.75) is 0 Å². The van der Waals surface area contributed by atoms with E-state index in [4.69, 9.17) is 19.7 Å². The van der Waals surface area contributed by atoms with Crippen LogP contribution in [0.25, 0.3) is 48.0 Å². The van der Waals surface area contributed by atoms with Gasteiger partial charge in [0.2, 0.25) is 5.70 Å². The lowest BCUT2D eigenvalue weighted by atomic mass is 9.88. The van der Waals surface area contributed by atoms with Gasteiger partial charge in [0.15, 0.2) is 11.4 Å².